The fourth-order valence-corrected chi connectivity index (χ4v) is 9.99. The summed E-state index contributed by atoms with van der Waals surface area (Å²) in [6.07, 6.45) is 10.4. The Morgan fingerprint density at radius 1 is 0.327 bits per heavy atom. The zero-order valence-electron chi connectivity index (χ0n) is 67.2. The van der Waals surface area contributed by atoms with E-state index in [1.54, 1.807) is 73.7 Å². The number of hydrogen-bond acceptors (Lipinski definition) is 6. The first-order valence-corrected chi connectivity index (χ1v) is 32.5. The van der Waals surface area contributed by atoms with E-state index < -0.39 is 26.4 Å². The van der Waals surface area contributed by atoms with Gasteiger partial charge in [0.25, 0.3) is 0 Å². The molecule has 0 aliphatic heterocycles. The van der Waals surface area contributed by atoms with Crippen molar-refractivity contribution in [2.75, 3.05) is 0 Å². The number of nitrogens with zero attached hydrogens (tertiary/aromatic N) is 6. The summed E-state index contributed by atoms with van der Waals surface area (Å²) < 4.78 is 100.0. The molecule has 0 aliphatic carbocycles. The molecular weight excluding hydrogens is 1820 g/mol. The van der Waals surface area contributed by atoms with E-state index in [2.05, 4.69) is 84.5 Å². The molecule has 9 aromatic carbocycles. The van der Waals surface area contributed by atoms with Gasteiger partial charge in [0.1, 0.15) is 11.6 Å². The van der Waals surface area contributed by atoms with E-state index in [0.29, 0.717) is 12.0 Å². The van der Waals surface area contributed by atoms with Crippen LogP contribution in [-0.2, 0) is 66.7 Å². The Balaban J connectivity index is 0.000000189. The van der Waals surface area contributed by atoms with E-state index in [4.69, 9.17) is 13.7 Å². The van der Waals surface area contributed by atoms with Gasteiger partial charge in [-0.05, 0) is 165 Å². The van der Waals surface area contributed by atoms with Gasteiger partial charge in [0.2, 0.25) is 0 Å². The number of halogens is 2. The molecule has 104 heavy (non-hydrogen) atoms. The van der Waals surface area contributed by atoms with Crippen molar-refractivity contribution in [3.05, 3.63) is 398 Å². The molecule has 0 atom stereocenters. The van der Waals surface area contributed by atoms with Crippen molar-refractivity contribution in [2.24, 2.45) is 0 Å². The van der Waals surface area contributed by atoms with Crippen molar-refractivity contribution in [2.45, 2.75) is 60.6 Å². The quantitative estimate of drug-likeness (QED) is 0.120. The van der Waals surface area contributed by atoms with Gasteiger partial charge in [0.05, 0.1) is 0 Å². The maximum absolute atomic E-state index is 13.6. The Morgan fingerprint density at radius 2 is 0.606 bits per heavy atom. The predicted octanol–water partition coefficient (Wildman–Crippen LogP) is 23.5. The molecule has 0 spiro atoms. The van der Waals surface area contributed by atoms with Crippen LogP contribution in [0.2, 0.25) is 0 Å². The monoisotopic (exact) mass is 1900 g/mol. The Bertz CT molecular complexity index is 5120. The van der Waals surface area contributed by atoms with Gasteiger partial charge in [-0.2, -0.15) is 0 Å². The van der Waals surface area contributed by atoms with Crippen molar-refractivity contribution in [1.29, 1.82) is 0 Å². The van der Waals surface area contributed by atoms with Crippen molar-refractivity contribution in [1.82, 2.24) is 29.9 Å². The van der Waals surface area contributed by atoms with Crippen LogP contribution in [0.15, 0.2) is 316 Å². The number of pyridine rings is 6. The van der Waals surface area contributed by atoms with Gasteiger partial charge in [-0.3, -0.25) is 0 Å². The van der Waals surface area contributed by atoms with Crippen molar-refractivity contribution in [3.8, 4) is 101 Å². The normalized spacial score (nSPS) is 11.9. The summed E-state index contributed by atoms with van der Waals surface area (Å²) in [5.41, 5.74) is 19.7. The SMILES string of the molecule is CCc1cc(-c2ccc(-c3[c-]cccc3)nc2)ccc1F.Cc1cc(-c2ccc(-c3[c-]cccc3)nc2)ccc1F.[2H]C(C)(C)c1ccc(-c2ccc(-c3[c-]cccc3)nc2)cc1.[2H]C([2H])([2H])c1ccc(-c2[c-]cccc2)nc1.[2H]C([2H])([2H])c1ccc(-c2[c-]cccc2)nc1.[2H]C([2H])([2H])c1ccc(-c2[c-]cccc2)nc1.[Ir].[Ir].[Ir]. The van der Waals surface area contributed by atoms with Crippen LogP contribution in [0.3, 0.4) is 0 Å². The zero-order chi connectivity index (χ0) is 79.0. The third kappa shape index (κ3) is 24.4. The minimum atomic E-state index is -2.09. The van der Waals surface area contributed by atoms with Gasteiger partial charge in [-0.1, -0.05) is 130 Å². The number of benzene rings is 9. The largest absolute Gasteiger partial charge is 0.304 e. The minimum Gasteiger partial charge on any atom is -0.304 e. The molecule has 0 saturated heterocycles. The van der Waals surface area contributed by atoms with Crippen LogP contribution in [-0.4, -0.2) is 29.9 Å². The summed E-state index contributed by atoms with van der Waals surface area (Å²) in [6, 6.07) is 105. The van der Waals surface area contributed by atoms with Gasteiger partial charge in [-0.15, -0.1) is 215 Å². The van der Waals surface area contributed by atoms with Crippen LogP contribution in [0, 0.1) is 75.5 Å². The molecule has 6 nitrogen and oxygen atoms in total. The van der Waals surface area contributed by atoms with Crippen LogP contribution >= 0.6 is 0 Å². The third-order valence-corrected chi connectivity index (χ3v) is 15.5. The van der Waals surface area contributed by atoms with Crippen LogP contribution in [0.1, 0.15) is 73.8 Å². The first-order valence-electron chi connectivity index (χ1n) is 37.5. The standard InChI is InChI=1S/C20H18N.C19H15FN.C18H13FN.3C12H10N.3Ir/c1-15(2)16-8-10-17(11-9-16)19-12-13-20(21-14-19)18-6-4-3-5-7-18;1-2-14-12-16(8-10-18(14)20)17-9-11-19(21-13-17)15-6-4-3-5-7-15;1-13-11-15(7-9-17(13)19)16-8-10-18(20-12-16)14-5-3-2-4-6-14;3*1-10-7-8-12(13-9-10)11-5-3-2-4-6-11;;;/h3-6,8-15H,1-2H3;3-6,8-13H,2H2,1H3;2-5,7-12H,1H3;3*2-5,7-9H,1H3;;;/q6*-1;;;/i15D;;;3*1D3;;;. The second kappa shape index (κ2) is 42.3. The average molecular weight is 1900 g/mol. The molecule has 6 heterocycles. The molecule has 0 bridgehead atoms. The van der Waals surface area contributed by atoms with Crippen LogP contribution in [0.4, 0.5) is 8.78 Å². The van der Waals surface area contributed by atoms with Crippen LogP contribution < -0.4 is 0 Å². The second-order valence-electron chi connectivity index (χ2n) is 23.0. The summed E-state index contributed by atoms with van der Waals surface area (Å²) in [5, 5.41) is 0. The van der Waals surface area contributed by atoms with E-state index in [1.807, 2.05) is 221 Å². The number of hydrogen-bond donors (Lipinski definition) is 0. The molecular formula is C93H76F2Ir3N6-6. The molecule has 0 saturated carbocycles. The average Bonchev–Trinajstić information content (AvgIpc) is 0.885. The molecule has 3 radical (unpaired) electrons. The molecule has 0 amide bonds. The van der Waals surface area contributed by atoms with Gasteiger partial charge in [0.15, 0.2) is 0 Å². The second-order valence-corrected chi connectivity index (χ2v) is 23.0. The molecule has 6 aromatic heterocycles. The van der Waals surface area contributed by atoms with E-state index in [-0.39, 0.29) is 88.6 Å². The molecule has 0 fully saturated rings. The minimum absolute atomic E-state index is 0. The van der Waals surface area contributed by atoms with Gasteiger partial charge in [-0.25, -0.2) is 8.78 Å². The molecule has 15 rings (SSSR count). The van der Waals surface area contributed by atoms with E-state index in [0.717, 1.165) is 112 Å². The number of aryl methyl sites for hydroxylation is 5. The van der Waals surface area contributed by atoms with Gasteiger partial charge >= 0.3 is 0 Å². The fraction of sp³-hybridized carbons (Fsp3) is 0.0968. The Kier molecular flexibility index (Phi) is 27.2. The smallest absolute Gasteiger partial charge is 0.126 e. The number of rotatable bonds is 11. The first-order chi connectivity index (χ1) is 53.3. The van der Waals surface area contributed by atoms with Crippen molar-refractivity contribution in [3.63, 3.8) is 0 Å². The molecule has 0 unspecified atom stereocenters. The molecule has 15 aromatic rings. The topological polar surface area (TPSA) is 77.3 Å². The summed E-state index contributed by atoms with van der Waals surface area (Å²) in [6.45, 7) is 1.24. The summed E-state index contributed by atoms with van der Waals surface area (Å²) in [4.78, 5) is 25.8. The van der Waals surface area contributed by atoms with E-state index in [1.165, 1.54) is 30.7 Å². The van der Waals surface area contributed by atoms with Crippen molar-refractivity contribution < 1.29 is 82.8 Å². The van der Waals surface area contributed by atoms with Gasteiger partial charge in [0, 0.05) is 111 Å². The molecule has 0 N–H and O–H groups in total. The van der Waals surface area contributed by atoms with Crippen molar-refractivity contribution >= 4 is 0 Å². The summed E-state index contributed by atoms with van der Waals surface area (Å²) in [7, 11) is 0. The van der Waals surface area contributed by atoms with Gasteiger partial charge < -0.3 is 29.9 Å². The molecule has 11 heteroatoms. The Hall–Kier alpha value is -10.3. The zero-order valence-corrected chi connectivity index (χ0v) is 64.4. The third-order valence-electron chi connectivity index (χ3n) is 15.5. The Morgan fingerprint density at radius 3 is 0.856 bits per heavy atom. The fourth-order valence-electron chi connectivity index (χ4n) is 9.99. The van der Waals surface area contributed by atoms with E-state index in [9.17, 15) is 8.78 Å². The maximum Gasteiger partial charge on any atom is 0.126 e. The van der Waals surface area contributed by atoms with E-state index >= 15 is 0 Å². The maximum atomic E-state index is 13.6. The molecule has 0 aliphatic rings. The van der Waals surface area contributed by atoms with Crippen LogP contribution in [0.5, 0.6) is 0 Å². The number of aromatic nitrogens is 6. The summed E-state index contributed by atoms with van der Waals surface area (Å²) >= 11 is 0. The predicted molar refractivity (Wildman–Crippen MR) is 410 cm³/mol. The summed E-state index contributed by atoms with van der Waals surface area (Å²) in [5.74, 6) is -0.897. The Labute approximate surface area is 667 Å². The molecule has 525 valence electrons. The van der Waals surface area contributed by atoms with Crippen LogP contribution in [0.25, 0.3) is 101 Å². The first kappa shape index (κ1) is 66.9.